The maximum atomic E-state index is 9.36. The Balaban J connectivity index is 1.84. The van der Waals surface area contributed by atoms with Crippen molar-refractivity contribution in [2.24, 2.45) is 0 Å². The molecule has 25 heavy (non-hydrogen) atoms. The van der Waals surface area contributed by atoms with Crippen LogP contribution in [0.5, 0.6) is 0 Å². The van der Waals surface area contributed by atoms with Crippen LogP contribution in [0.15, 0.2) is 24.3 Å². The van der Waals surface area contributed by atoms with Gasteiger partial charge in [-0.2, -0.15) is 5.26 Å². The third-order valence-corrected chi connectivity index (χ3v) is 4.87. The average Bonchev–Trinajstić information content (AvgIpc) is 2.87. The van der Waals surface area contributed by atoms with Gasteiger partial charge in [0.1, 0.15) is 22.9 Å². The number of nitriles is 1. The smallest absolute Gasteiger partial charge is 0.138 e. The number of aromatic nitrogens is 2. The summed E-state index contributed by atoms with van der Waals surface area (Å²) in [6.07, 6.45) is 1.81. The summed E-state index contributed by atoms with van der Waals surface area (Å²) in [6.45, 7) is 7.50. The first-order chi connectivity index (χ1) is 12.1. The van der Waals surface area contributed by atoms with Crippen molar-refractivity contribution in [1.29, 1.82) is 5.26 Å². The summed E-state index contributed by atoms with van der Waals surface area (Å²) >= 11 is 6.33. The lowest BCUT2D eigenvalue weighted by molar-refractivity contribution is 0.782. The lowest BCUT2D eigenvalue weighted by Gasteiger charge is -2.26. The summed E-state index contributed by atoms with van der Waals surface area (Å²) in [4.78, 5) is 13.5. The molecule has 0 atom stereocenters. The number of nitrogens with zero attached hydrogens (tertiary/aromatic N) is 5. The molecule has 0 unspecified atom stereocenters. The largest absolute Gasteiger partial charge is 0.369 e. The predicted molar refractivity (Wildman–Crippen MR) is 101 cm³/mol. The maximum Gasteiger partial charge on any atom is 0.138 e. The van der Waals surface area contributed by atoms with Crippen LogP contribution >= 0.6 is 11.6 Å². The molecule has 2 aromatic rings. The van der Waals surface area contributed by atoms with Gasteiger partial charge < -0.3 is 9.80 Å². The zero-order valence-corrected chi connectivity index (χ0v) is 15.4. The van der Waals surface area contributed by atoms with Crippen molar-refractivity contribution in [3.05, 3.63) is 46.4 Å². The van der Waals surface area contributed by atoms with E-state index in [1.54, 1.807) is 0 Å². The van der Waals surface area contributed by atoms with E-state index in [2.05, 4.69) is 32.8 Å². The number of anilines is 2. The first-order valence-electron chi connectivity index (χ1n) is 8.66. The Hall–Kier alpha value is -2.32. The van der Waals surface area contributed by atoms with Crippen molar-refractivity contribution in [3.63, 3.8) is 0 Å². The van der Waals surface area contributed by atoms with E-state index in [1.165, 1.54) is 0 Å². The van der Waals surface area contributed by atoms with E-state index in [-0.39, 0.29) is 0 Å². The number of rotatable bonds is 3. The van der Waals surface area contributed by atoms with Crippen LogP contribution in [0.3, 0.4) is 0 Å². The minimum atomic E-state index is 0.556. The van der Waals surface area contributed by atoms with Gasteiger partial charge in [0.2, 0.25) is 0 Å². The Morgan fingerprint density at radius 3 is 2.60 bits per heavy atom. The van der Waals surface area contributed by atoms with Crippen LogP contribution in [0.2, 0.25) is 5.15 Å². The molecule has 5 nitrogen and oxygen atoms in total. The normalized spacial score (nSPS) is 15.0. The highest BCUT2D eigenvalue weighted by molar-refractivity contribution is 6.30. The number of aryl methyl sites for hydroxylation is 1. The molecule has 1 aliphatic rings. The van der Waals surface area contributed by atoms with Crippen LogP contribution in [-0.2, 0) is 6.42 Å². The maximum absolute atomic E-state index is 9.36. The van der Waals surface area contributed by atoms with E-state index in [0.29, 0.717) is 11.0 Å². The van der Waals surface area contributed by atoms with Gasteiger partial charge in [0, 0.05) is 31.7 Å². The summed E-state index contributed by atoms with van der Waals surface area (Å²) in [5, 5.41) is 9.92. The highest BCUT2D eigenvalue weighted by atomic mass is 35.5. The third-order valence-electron chi connectivity index (χ3n) is 4.56. The molecular weight excluding hydrogens is 334 g/mol. The molecule has 0 aliphatic carbocycles. The average molecular weight is 356 g/mol. The predicted octanol–water partition coefficient (Wildman–Crippen LogP) is 3.59. The van der Waals surface area contributed by atoms with Gasteiger partial charge in [0.15, 0.2) is 0 Å². The first kappa shape index (κ1) is 17.5. The summed E-state index contributed by atoms with van der Waals surface area (Å²) in [5.74, 6) is 1.66. The molecule has 1 aromatic heterocycles. The Morgan fingerprint density at radius 2 is 1.84 bits per heavy atom. The lowest BCUT2D eigenvalue weighted by atomic mass is 10.1. The van der Waals surface area contributed by atoms with E-state index < -0.39 is 0 Å². The van der Waals surface area contributed by atoms with Crippen LogP contribution in [0.4, 0.5) is 11.5 Å². The van der Waals surface area contributed by atoms with E-state index in [4.69, 9.17) is 11.6 Å². The molecule has 6 heteroatoms. The minimum Gasteiger partial charge on any atom is -0.369 e. The van der Waals surface area contributed by atoms with Crippen LogP contribution in [0.1, 0.15) is 30.3 Å². The van der Waals surface area contributed by atoms with Crippen molar-refractivity contribution >= 4 is 23.1 Å². The summed E-state index contributed by atoms with van der Waals surface area (Å²) in [5.41, 5.74) is 2.75. The van der Waals surface area contributed by atoms with Crippen LogP contribution in [-0.4, -0.2) is 36.1 Å². The molecule has 0 bridgehead atoms. The molecule has 130 valence electrons. The van der Waals surface area contributed by atoms with Gasteiger partial charge >= 0.3 is 0 Å². The van der Waals surface area contributed by atoms with Gasteiger partial charge in [0.25, 0.3) is 0 Å². The summed E-state index contributed by atoms with van der Waals surface area (Å²) in [6, 6.07) is 10.1. The van der Waals surface area contributed by atoms with Gasteiger partial charge in [-0.1, -0.05) is 30.7 Å². The van der Waals surface area contributed by atoms with Crippen molar-refractivity contribution in [2.45, 2.75) is 26.7 Å². The second-order valence-corrected chi connectivity index (χ2v) is 6.53. The molecule has 0 saturated carbocycles. The fourth-order valence-corrected chi connectivity index (χ4v) is 3.67. The Bertz CT molecular complexity index is 799. The lowest BCUT2D eigenvalue weighted by Crippen LogP contribution is -2.32. The van der Waals surface area contributed by atoms with Gasteiger partial charge in [-0.05, 0) is 31.9 Å². The highest BCUT2D eigenvalue weighted by Gasteiger charge is 2.21. The number of para-hydroxylation sites is 1. The fourth-order valence-electron chi connectivity index (χ4n) is 3.33. The zero-order valence-electron chi connectivity index (χ0n) is 14.7. The van der Waals surface area contributed by atoms with E-state index >= 15 is 0 Å². The minimum absolute atomic E-state index is 0.556. The van der Waals surface area contributed by atoms with Crippen molar-refractivity contribution in [2.75, 3.05) is 36.0 Å². The quantitative estimate of drug-likeness (QED) is 0.787. The van der Waals surface area contributed by atoms with Crippen molar-refractivity contribution < 1.29 is 0 Å². The molecule has 0 radical (unpaired) electrons. The van der Waals surface area contributed by atoms with E-state index in [1.807, 2.05) is 31.2 Å². The molecule has 1 aliphatic heterocycles. The van der Waals surface area contributed by atoms with Crippen molar-refractivity contribution in [1.82, 2.24) is 9.97 Å². The van der Waals surface area contributed by atoms with Crippen LogP contribution < -0.4 is 9.80 Å². The number of hydrogen-bond donors (Lipinski definition) is 0. The number of halogens is 1. The summed E-state index contributed by atoms with van der Waals surface area (Å²) < 4.78 is 0. The van der Waals surface area contributed by atoms with Crippen molar-refractivity contribution in [3.8, 4) is 6.07 Å². The summed E-state index contributed by atoms with van der Waals surface area (Å²) in [7, 11) is 0. The number of hydrogen-bond acceptors (Lipinski definition) is 5. The second-order valence-electron chi connectivity index (χ2n) is 6.17. The Kier molecular flexibility index (Phi) is 5.40. The van der Waals surface area contributed by atoms with Crippen LogP contribution in [0, 0.1) is 18.3 Å². The molecule has 0 N–H and O–H groups in total. The third kappa shape index (κ3) is 3.69. The van der Waals surface area contributed by atoms with Gasteiger partial charge in [-0.25, -0.2) is 9.97 Å². The fraction of sp³-hybridized carbons (Fsp3) is 0.421. The topological polar surface area (TPSA) is 56.1 Å². The Morgan fingerprint density at radius 1 is 1.12 bits per heavy atom. The molecule has 2 heterocycles. The molecule has 1 fully saturated rings. The monoisotopic (exact) mass is 355 g/mol. The Labute approximate surface area is 153 Å². The SMILES string of the molecule is CCc1c(Cl)nc(C)nc1N1CCCN(c2ccccc2C#N)CC1. The molecule has 0 spiro atoms. The van der Waals surface area contributed by atoms with E-state index in [9.17, 15) is 5.26 Å². The van der Waals surface area contributed by atoms with Gasteiger partial charge in [-0.15, -0.1) is 0 Å². The molecule has 1 aromatic carbocycles. The second kappa shape index (κ2) is 7.71. The molecule has 0 amide bonds. The zero-order chi connectivity index (χ0) is 17.8. The van der Waals surface area contributed by atoms with Crippen LogP contribution in [0.25, 0.3) is 0 Å². The molecular formula is C19H22ClN5. The van der Waals surface area contributed by atoms with E-state index in [0.717, 1.165) is 61.7 Å². The number of benzene rings is 1. The van der Waals surface area contributed by atoms with Gasteiger partial charge in [-0.3, -0.25) is 0 Å². The standard InChI is InChI=1S/C19H22ClN5/c1-3-16-18(20)22-14(2)23-19(16)25-10-6-9-24(11-12-25)17-8-5-4-7-15(17)13-21/h4-5,7-8H,3,6,9-12H2,1-2H3. The molecule has 1 saturated heterocycles. The molecule has 3 rings (SSSR count). The van der Waals surface area contributed by atoms with Gasteiger partial charge in [0.05, 0.1) is 11.3 Å². The first-order valence-corrected chi connectivity index (χ1v) is 9.04. The highest BCUT2D eigenvalue weighted by Crippen LogP contribution is 2.27.